The predicted molar refractivity (Wildman–Crippen MR) is 78.0 cm³/mol. The number of hydrogen-bond acceptors (Lipinski definition) is 2. The summed E-state index contributed by atoms with van der Waals surface area (Å²) in [5.74, 6) is -0.963. The van der Waals surface area contributed by atoms with Crippen LogP contribution in [0.3, 0.4) is 0 Å². The van der Waals surface area contributed by atoms with E-state index in [1.807, 2.05) is 0 Å². The maximum Gasteiger partial charge on any atom is 0.132 e. The van der Waals surface area contributed by atoms with Crippen LogP contribution in [0.1, 0.15) is 11.1 Å². The lowest BCUT2D eigenvalue weighted by molar-refractivity contribution is 0.299. The molecule has 0 aliphatic carbocycles. The Hall–Kier alpha value is -1.72. The maximum absolute atomic E-state index is 13.5. The Morgan fingerprint density at radius 3 is 2.65 bits per heavy atom. The Bertz CT molecular complexity index is 664. The molecule has 0 aromatic heterocycles. The molecule has 0 unspecified atom stereocenters. The molecule has 6 heteroatoms. The number of nitrogens with two attached hydrogens (primary N) is 1. The first kappa shape index (κ1) is 14.7. The minimum atomic E-state index is -0.677. The number of halogens is 3. The summed E-state index contributed by atoms with van der Waals surface area (Å²) in [6.07, 6.45) is 0. The summed E-state index contributed by atoms with van der Waals surface area (Å²) in [5, 5.41) is 0.356. The highest BCUT2D eigenvalue weighted by molar-refractivity contribution is 7.80. The average Bonchev–Trinajstić information content (AvgIpc) is 2.37. The number of rotatable bonds is 4. The van der Waals surface area contributed by atoms with Crippen molar-refractivity contribution < 1.29 is 13.5 Å². The van der Waals surface area contributed by atoms with Crippen LogP contribution in [-0.4, -0.2) is 4.99 Å². The van der Waals surface area contributed by atoms with Crippen molar-refractivity contribution in [3.8, 4) is 5.75 Å². The minimum Gasteiger partial charge on any atom is -0.488 e. The minimum absolute atomic E-state index is 0.0813. The third-order valence-corrected chi connectivity index (χ3v) is 3.14. The standard InChI is InChI=1S/C14H10ClF2NOS/c15-10-2-1-3-12(13(10)14(18)20)19-7-8-4-5-9(16)6-11(8)17/h1-6H,7H2,(H2,18,20). The molecule has 0 heterocycles. The van der Waals surface area contributed by atoms with Crippen LogP contribution >= 0.6 is 23.8 Å². The van der Waals surface area contributed by atoms with Gasteiger partial charge in [-0.2, -0.15) is 0 Å². The molecule has 2 nitrogen and oxygen atoms in total. The lowest BCUT2D eigenvalue weighted by Gasteiger charge is -2.12. The van der Waals surface area contributed by atoms with Gasteiger partial charge in [0.25, 0.3) is 0 Å². The van der Waals surface area contributed by atoms with Gasteiger partial charge in [-0.1, -0.05) is 29.9 Å². The van der Waals surface area contributed by atoms with Gasteiger partial charge in [0.05, 0.1) is 10.6 Å². The zero-order chi connectivity index (χ0) is 14.7. The van der Waals surface area contributed by atoms with Crippen molar-refractivity contribution in [2.24, 2.45) is 5.73 Å². The van der Waals surface area contributed by atoms with Crippen molar-refractivity contribution in [3.05, 3.63) is 64.2 Å². The van der Waals surface area contributed by atoms with Crippen molar-refractivity contribution in [1.29, 1.82) is 0 Å². The van der Waals surface area contributed by atoms with E-state index in [1.165, 1.54) is 6.07 Å². The molecule has 0 aliphatic heterocycles. The number of benzene rings is 2. The molecule has 2 aromatic carbocycles. The monoisotopic (exact) mass is 313 g/mol. The van der Waals surface area contributed by atoms with Crippen LogP contribution in [0, 0.1) is 11.6 Å². The summed E-state index contributed by atoms with van der Waals surface area (Å²) < 4.78 is 31.8. The maximum atomic E-state index is 13.5. The highest BCUT2D eigenvalue weighted by atomic mass is 35.5. The van der Waals surface area contributed by atoms with E-state index in [1.54, 1.807) is 18.2 Å². The van der Waals surface area contributed by atoms with Crippen molar-refractivity contribution in [1.82, 2.24) is 0 Å². The zero-order valence-electron chi connectivity index (χ0n) is 10.2. The van der Waals surface area contributed by atoms with Crippen LogP contribution in [0.4, 0.5) is 8.78 Å². The summed E-state index contributed by atoms with van der Waals surface area (Å²) in [5.41, 5.74) is 6.20. The fraction of sp³-hybridized carbons (Fsp3) is 0.0714. The summed E-state index contributed by atoms with van der Waals surface area (Å²) >= 11 is 10.9. The molecule has 104 valence electrons. The molecular weight excluding hydrogens is 304 g/mol. The molecule has 0 saturated carbocycles. The molecule has 0 radical (unpaired) electrons. The van der Waals surface area contributed by atoms with Gasteiger partial charge >= 0.3 is 0 Å². The summed E-state index contributed by atoms with van der Waals surface area (Å²) in [4.78, 5) is 0.0881. The molecule has 2 N–H and O–H groups in total. The van der Waals surface area contributed by atoms with Crippen LogP contribution in [0.5, 0.6) is 5.75 Å². The smallest absolute Gasteiger partial charge is 0.132 e. The molecule has 0 spiro atoms. The normalized spacial score (nSPS) is 10.3. The van der Waals surface area contributed by atoms with Gasteiger partial charge in [0, 0.05) is 11.6 Å². The van der Waals surface area contributed by atoms with Gasteiger partial charge < -0.3 is 10.5 Å². The second kappa shape index (κ2) is 6.15. The quantitative estimate of drug-likeness (QED) is 0.871. The molecule has 2 aromatic rings. The number of hydrogen-bond donors (Lipinski definition) is 1. The predicted octanol–water partition coefficient (Wildman–Crippen LogP) is 3.83. The molecule has 0 bridgehead atoms. The first-order valence-electron chi connectivity index (χ1n) is 5.64. The molecule has 0 amide bonds. The van der Waals surface area contributed by atoms with E-state index in [-0.39, 0.29) is 17.2 Å². The van der Waals surface area contributed by atoms with Gasteiger partial charge in [-0.15, -0.1) is 0 Å². The lowest BCUT2D eigenvalue weighted by atomic mass is 10.2. The van der Waals surface area contributed by atoms with Crippen LogP contribution in [0.25, 0.3) is 0 Å². The van der Waals surface area contributed by atoms with E-state index in [0.717, 1.165) is 12.1 Å². The van der Waals surface area contributed by atoms with E-state index in [9.17, 15) is 8.78 Å². The van der Waals surface area contributed by atoms with Crippen LogP contribution < -0.4 is 10.5 Å². The molecule has 0 atom stereocenters. The highest BCUT2D eigenvalue weighted by Crippen LogP contribution is 2.27. The summed E-state index contributed by atoms with van der Waals surface area (Å²) in [6.45, 7) is -0.0813. The Morgan fingerprint density at radius 2 is 2.00 bits per heavy atom. The Balaban J connectivity index is 2.23. The average molecular weight is 314 g/mol. The number of ether oxygens (including phenoxy) is 1. The Morgan fingerprint density at radius 1 is 1.25 bits per heavy atom. The van der Waals surface area contributed by atoms with Gasteiger partial charge in [-0.25, -0.2) is 8.78 Å². The largest absolute Gasteiger partial charge is 0.488 e. The van der Waals surface area contributed by atoms with Crippen molar-refractivity contribution in [2.45, 2.75) is 6.61 Å². The second-order valence-electron chi connectivity index (χ2n) is 4.00. The van der Waals surface area contributed by atoms with E-state index < -0.39 is 11.6 Å². The van der Waals surface area contributed by atoms with Crippen molar-refractivity contribution >= 4 is 28.8 Å². The third-order valence-electron chi connectivity index (χ3n) is 2.62. The number of thiocarbonyl (C=S) groups is 1. The van der Waals surface area contributed by atoms with E-state index >= 15 is 0 Å². The molecular formula is C14H10ClF2NOS. The topological polar surface area (TPSA) is 35.2 Å². The summed E-state index contributed by atoms with van der Waals surface area (Å²) in [7, 11) is 0. The first-order valence-corrected chi connectivity index (χ1v) is 6.42. The molecule has 2 rings (SSSR count). The van der Waals surface area contributed by atoms with Gasteiger partial charge in [-0.05, 0) is 24.3 Å². The third kappa shape index (κ3) is 3.23. The fourth-order valence-corrected chi connectivity index (χ4v) is 2.19. The van der Waals surface area contributed by atoms with Crippen LogP contribution in [0.2, 0.25) is 5.02 Å². The lowest BCUT2D eigenvalue weighted by Crippen LogP contribution is -2.12. The molecule has 0 saturated heterocycles. The van der Waals surface area contributed by atoms with Gasteiger partial charge in [-0.3, -0.25) is 0 Å². The van der Waals surface area contributed by atoms with Crippen molar-refractivity contribution in [3.63, 3.8) is 0 Å². The first-order chi connectivity index (χ1) is 9.49. The van der Waals surface area contributed by atoms with E-state index in [4.69, 9.17) is 34.3 Å². The second-order valence-corrected chi connectivity index (χ2v) is 4.85. The Kier molecular flexibility index (Phi) is 4.52. The highest BCUT2D eigenvalue weighted by Gasteiger charge is 2.12. The molecule has 0 aliphatic rings. The van der Waals surface area contributed by atoms with Crippen LogP contribution in [-0.2, 0) is 6.61 Å². The van der Waals surface area contributed by atoms with E-state index in [2.05, 4.69) is 0 Å². The SMILES string of the molecule is NC(=S)c1c(Cl)cccc1OCc1ccc(F)cc1F. The van der Waals surface area contributed by atoms with Gasteiger partial charge in [0.2, 0.25) is 0 Å². The fourth-order valence-electron chi connectivity index (χ4n) is 1.66. The van der Waals surface area contributed by atoms with Gasteiger partial charge in [0.15, 0.2) is 0 Å². The van der Waals surface area contributed by atoms with Crippen LogP contribution in [0.15, 0.2) is 36.4 Å². The zero-order valence-corrected chi connectivity index (χ0v) is 11.8. The molecule has 20 heavy (non-hydrogen) atoms. The molecule has 0 fully saturated rings. The van der Waals surface area contributed by atoms with E-state index in [0.29, 0.717) is 16.3 Å². The van der Waals surface area contributed by atoms with Gasteiger partial charge in [0.1, 0.15) is 29.0 Å². The van der Waals surface area contributed by atoms with Crippen molar-refractivity contribution in [2.75, 3.05) is 0 Å². The summed E-state index contributed by atoms with van der Waals surface area (Å²) in [6, 6.07) is 8.19. The Labute approximate surface area is 125 Å².